The zero-order valence-corrected chi connectivity index (χ0v) is 10.5. The van der Waals surface area contributed by atoms with E-state index in [1.165, 1.54) is 45.1 Å². The molecular formula is C14H19NS. The van der Waals surface area contributed by atoms with Crippen molar-refractivity contribution in [3.05, 3.63) is 21.9 Å². The summed E-state index contributed by atoms with van der Waals surface area (Å²) in [7, 11) is 0. The fourth-order valence-corrected chi connectivity index (χ4v) is 5.07. The van der Waals surface area contributed by atoms with Crippen molar-refractivity contribution in [1.29, 1.82) is 0 Å². The molecule has 0 bridgehead atoms. The summed E-state index contributed by atoms with van der Waals surface area (Å²) in [6, 6.07) is 2.37. The van der Waals surface area contributed by atoms with E-state index < -0.39 is 0 Å². The fourth-order valence-electron chi connectivity index (χ4n) is 3.77. The highest BCUT2D eigenvalue weighted by atomic mass is 32.1. The molecule has 1 atom stereocenters. The molecule has 1 unspecified atom stereocenters. The van der Waals surface area contributed by atoms with Gasteiger partial charge in [-0.25, -0.2) is 0 Å². The van der Waals surface area contributed by atoms with E-state index >= 15 is 0 Å². The van der Waals surface area contributed by atoms with Crippen LogP contribution in [0.4, 0.5) is 0 Å². The minimum absolute atomic E-state index is 0.417. The molecule has 0 aromatic carbocycles. The number of thiophene rings is 1. The van der Waals surface area contributed by atoms with E-state index in [9.17, 15) is 0 Å². The molecule has 0 spiro atoms. The topological polar surface area (TPSA) is 12.0 Å². The summed E-state index contributed by atoms with van der Waals surface area (Å²) in [5.74, 6) is 1.90. The lowest BCUT2D eigenvalue weighted by Gasteiger charge is -2.49. The molecule has 3 aliphatic rings. The molecule has 1 N–H and O–H groups in total. The van der Waals surface area contributed by atoms with Gasteiger partial charge in [-0.1, -0.05) is 6.42 Å². The smallest absolute Gasteiger partial charge is 0.0588 e. The van der Waals surface area contributed by atoms with Gasteiger partial charge >= 0.3 is 0 Å². The van der Waals surface area contributed by atoms with Crippen LogP contribution in [-0.2, 0) is 12.0 Å². The molecule has 1 nitrogen and oxygen atoms in total. The summed E-state index contributed by atoms with van der Waals surface area (Å²) in [4.78, 5) is 1.71. The molecule has 1 aromatic heterocycles. The molecule has 2 saturated carbocycles. The molecule has 86 valence electrons. The molecule has 1 aromatic rings. The summed E-state index contributed by atoms with van der Waals surface area (Å²) in [6.45, 7) is 1.21. The molecule has 0 saturated heterocycles. The second kappa shape index (κ2) is 3.33. The summed E-state index contributed by atoms with van der Waals surface area (Å²) in [6.07, 6.45) is 8.55. The van der Waals surface area contributed by atoms with Gasteiger partial charge in [0.15, 0.2) is 0 Å². The first-order chi connectivity index (χ1) is 7.91. The molecule has 4 rings (SSSR count). The van der Waals surface area contributed by atoms with Crippen molar-refractivity contribution in [2.45, 2.75) is 44.1 Å². The Balaban J connectivity index is 1.83. The second-order valence-electron chi connectivity index (χ2n) is 5.72. The van der Waals surface area contributed by atoms with Gasteiger partial charge in [-0.05, 0) is 60.9 Å². The molecule has 2 aliphatic carbocycles. The second-order valence-corrected chi connectivity index (χ2v) is 6.64. The Morgan fingerprint density at radius 3 is 2.69 bits per heavy atom. The van der Waals surface area contributed by atoms with Gasteiger partial charge in [-0.2, -0.15) is 0 Å². The lowest BCUT2D eigenvalue weighted by atomic mass is 9.65. The van der Waals surface area contributed by atoms with E-state index in [-0.39, 0.29) is 0 Å². The van der Waals surface area contributed by atoms with Gasteiger partial charge in [0.25, 0.3) is 0 Å². The monoisotopic (exact) mass is 233 g/mol. The number of hydrogen-bond donors (Lipinski definition) is 1. The van der Waals surface area contributed by atoms with E-state index in [0.29, 0.717) is 5.54 Å². The highest BCUT2D eigenvalue weighted by molar-refractivity contribution is 7.10. The molecule has 0 radical (unpaired) electrons. The Bertz CT molecular complexity index is 403. The Labute approximate surface area is 101 Å². The standard InChI is InChI=1S/C14H19NS/c1-2-11(3-1)14(12-4-5-12)13-10(6-8-15-14)7-9-16-13/h7,9,11-12,15H,1-6,8H2. The highest BCUT2D eigenvalue weighted by Crippen LogP contribution is 2.57. The predicted octanol–water partition coefficient (Wildman–Crippen LogP) is 3.30. The van der Waals surface area contributed by atoms with Gasteiger partial charge in [0, 0.05) is 11.4 Å². The van der Waals surface area contributed by atoms with Crippen LogP contribution in [0.1, 0.15) is 42.5 Å². The van der Waals surface area contributed by atoms with Gasteiger partial charge in [0.2, 0.25) is 0 Å². The summed E-state index contributed by atoms with van der Waals surface area (Å²) >= 11 is 2.02. The normalized spacial score (nSPS) is 34.5. The van der Waals surface area contributed by atoms with Crippen molar-refractivity contribution in [1.82, 2.24) is 5.32 Å². The summed E-state index contributed by atoms with van der Waals surface area (Å²) < 4.78 is 0. The predicted molar refractivity (Wildman–Crippen MR) is 67.8 cm³/mol. The Morgan fingerprint density at radius 2 is 2.00 bits per heavy atom. The maximum Gasteiger partial charge on any atom is 0.0588 e. The van der Waals surface area contributed by atoms with Crippen LogP contribution in [0.25, 0.3) is 0 Å². The maximum absolute atomic E-state index is 3.95. The van der Waals surface area contributed by atoms with Crippen LogP contribution in [0.5, 0.6) is 0 Å². The van der Waals surface area contributed by atoms with Gasteiger partial charge in [-0.3, -0.25) is 0 Å². The van der Waals surface area contributed by atoms with Crippen LogP contribution in [0.3, 0.4) is 0 Å². The average molecular weight is 233 g/mol. The lowest BCUT2D eigenvalue weighted by Crippen LogP contribution is -2.55. The highest BCUT2D eigenvalue weighted by Gasteiger charge is 2.54. The third kappa shape index (κ3) is 1.15. The van der Waals surface area contributed by atoms with Crippen LogP contribution in [0.15, 0.2) is 11.4 Å². The summed E-state index contributed by atoms with van der Waals surface area (Å²) in [5.41, 5.74) is 2.07. The third-order valence-corrected chi connectivity index (χ3v) is 6.01. The Hall–Kier alpha value is -0.340. The molecule has 1 aliphatic heterocycles. The van der Waals surface area contributed by atoms with E-state index in [1.54, 1.807) is 10.4 Å². The van der Waals surface area contributed by atoms with Gasteiger partial charge < -0.3 is 5.32 Å². The first kappa shape index (κ1) is 9.67. The fraction of sp³-hybridized carbons (Fsp3) is 0.714. The Morgan fingerprint density at radius 1 is 1.19 bits per heavy atom. The van der Waals surface area contributed by atoms with E-state index in [1.807, 2.05) is 11.3 Å². The van der Waals surface area contributed by atoms with Gasteiger partial charge in [0.05, 0.1) is 5.54 Å². The quantitative estimate of drug-likeness (QED) is 0.826. The van der Waals surface area contributed by atoms with Crippen molar-refractivity contribution in [3.8, 4) is 0 Å². The molecular weight excluding hydrogens is 214 g/mol. The number of hydrogen-bond acceptors (Lipinski definition) is 2. The zero-order valence-electron chi connectivity index (χ0n) is 9.67. The molecule has 2 fully saturated rings. The van der Waals surface area contributed by atoms with Crippen molar-refractivity contribution < 1.29 is 0 Å². The van der Waals surface area contributed by atoms with Crippen molar-refractivity contribution in [2.24, 2.45) is 11.8 Å². The van der Waals surface area contributed by atoms with Gasteiger partial charge in [-0.15, -0.1) is 11.3 Å². The van der Waals surface area contributed by atoms with Crippen LogP contribution in [0, 0.1) is 11.8 Å². The molecule has 2 heterocycles. The van der Waals surface area contributed by atoms with E-state index in [4.69, 9.17) is 0 Å². The molecule has 0 amide bonds. The minimum atomic E-state index is 0.417. The lowest BCUT2D eigenvalue weighted by molar-refractivity contribution is 0.0986. The van der Waals surface area contributed by atoms with Gasteiger partial charge in [0.1, 0.15) is 0 Å². The van der Waals surface area contributed by atoms with E-state index in [2.05, 4.69) is 16.8 Å². The maximum atomic E-state index is 3.95. The minimum Gasteiger partial charge on any atom is -0.306 e. The largest absolute Gasteiger partial charge is 0.306 e. The molecule has 2 heteroatoms. The van der Waals surface area contributed by atoms with E-state index in [0.717, 1.165) is 11.8 Å². The van der Waals surface area contributed by atoms with Crippen LogP contribution >= 0.6 is 11.3 Å². The summed E-state index contributed by atoms with van der Waals surface area (Å²) in [5, 5.41) is 6.26. The first-order valence-corrected chi connectivity index (χ1v) is 7.61. The van der Waals surface area contributed by atoms with Crippen LogP contribution < -0.4 is 5.32 Å². The average Bonchev–Trinajstić information content (AvgIpc) is 2.95. The number of fused-ring (bicyclic) bond motifs is 1. The zero-order chi connectivity index (χ0) is 10.6. The molecule has 16 heavy (non-hydrogen) atoms. The van der Waals surface area contributed by atoms with Crippen molar-refractivity contribution in [2.75, 3.05) is 6.54 Å². The third-order valence-electron chi connectivity index (χ3n) is 4.90. The Kier molecular flexibility index (Phi) is 2.01. The number of rotatable bonds is 2. The number of nitrogens with one attached hydrogen (secondary N) is 1. The van der Waals surface area contributed by atoms with Crippen LogP contribution in [0.2, 0.25) is 0 Å². The van der Waals surface area contributed by atoms with Crippen molar-refractivity contribution in [3.63, 3.8) is 0 Å². The van der Waals surface area contributed by atoms with Crippen molar-refractivity contribution >= 4 is 11.3 Å². The van der Waals surface area contributed by atoms with Crippen LogP contribution in [-0.4, -0.2) is 6.54 Å². The SMILES string of the molecule is c1cc2c(s1)C(C1CCC1)(C1CC1)NCC2. The first-order valence-electron chi connectivity index (χ1n) is 6.73.